The molecule has 4 amide bonds. The van der Waals surface area contributed by atoms with E-state index >= 15 is 4.39 Å². The summed E-state index contributed by atoms with van der Waals surface area (Å²) in [5, 5.41) is 20.7. The van der Waals surface area contributed by atoms with Gasteiger partial charge < -0.3 is 40.4 Å². The number of aliphatic hydroxyl groups excluding tert-OH is 1. The van der Waals surface area contributed by atoms with Crippen LogP contribution in [0.4, 0.5) is 20.3 Å². The summed E-state index contributed by atoms with van der Waals surface area (Å²) in [7, 11) is -2.09. The molecule has 6 aromatic rings. The Morgan fingerprint density at radius 2 is 1.68 bits per heavy atom. The van der Waals surface area contributed by atoms with Crippen LogP contribution in [0, 0.1) is 24.0 Å². The smallest absolute Gasteiger partial charge is 0.277 e. The molecule has 0 bridgehead atoms. The second-order valence-corrected chi connectivity index (χ2v) is 25.7. The molecule has 1 fully saturated rings. The van der Waals surface area contributed by atoms with Crippen molar-refractivity contribution in [3.8, 4) is 21.6 Å². The standard InChI is InChI=1S/C58H68F2N10O8S2/c1-33-49(79-32-64-33)34-17-19-37(20-18-34)58(5)56(76)66-51(67-58)45-24-39(71)29-70(45)55(75)50(57(2,3)4)65-46(72)16-14-12-10-8-9-11-13-15-21-61-53(73)40-25-44-41(22-35(40)31-80(7,77)78)42-30-68(6)54(74)48-47(42)36(26-62-48)28-69(44)52-43(60)23-38(59)27-63-52/h17-20,22-23,25-27,30,32,39,45,50,62,71H,8-16,21,24,28-29,31H2,1-7H3,(H,61,73)(H,65,72)(H,66,67,76). The van der Waals surface area contributed by atoms with Crippen molar-refractivity contribution in [2.24, 2.45) is 17.5 Å². The number of unbranched alkanes of at least 4 members (excludes halogenated alkanes) is 7. The molecule has 3 aliphatic heterocycles. The van der Waals surface area contributed by atoms with Gasteiger partial charge in [-0.05, 0) is 66.5 Å². The average molecular weight is 1140 g/mol. The van der Waals surface area contributed by atoms with Gasteiger partial charge in [0.15, 0.2) is 21.5 Å². The number of halogens is 2. The number of aryl methyl sites for hydroxylation is 2. The Morgan fingerprint density at radius 3 is 2.34 bits per heavy atom. The summed E-state index contributed by atoms with van der Waals surface area (Å²) < 4.78 is 56.7. The predicted octanol–water partition coefficient (Wildman–Crippen LogP) is 8.01. The summed E-state index contributed by atoms with van der Waals surface area (Å²) >= 11 is 1.54. The highest BCUT2D eigenvalue weighted by Crippen LogP contribution is 2.45. The summed E-state index contributed by atoms with van der Waals surface area (Å²) in [6, 6.07) is 9.89. The highest BCUT2D eigenvalue weighted by Gasteiger charge is 2.49. The number of fused-ring (bicyclic) bond motifs is 2. The van der Waals surface area contributed by atoms with E-state index < -0.39 is 68.2 Å². The van der Waals surface area contributed by atoms with E-state index in [9.17, 15) is 41.9 Å². The SMILES string of the molecule is Cc1ncsc1-c1ccc(C2(C)NC(C3CC(O)CN3C(=O)C(NC(=O)CCCCCCCCCCNC(=O)c3cc4c(cc3CS(C)(=O)=O)-c3cn(C)c(=O)c5[nH]cc(c35)CN4c3ncc(F)cc3F)C(C)(C)C)=NC2=O)cc1. The van der Waals surface area contributed by atoms with Gasteiger partial charge >= 0.3 is 0 Å². The van der Waals surface area contributed by atoms with E-state index in [1.54, 1.807) is 49.3 Å². The maximum absolute atomic E-state index is 15.6. The van der Waals surface area contributed by atoms with Crippen LogP contribution in [0.3, 0.4) is 0 Å². The molecule has 0 aliphatic carbocycles. The van der Waals surface area contributed by atoms with Crippen molar-refractivity contribution >= 4 is 73.0 Å². The normalized spacial score (nSPS) is 18.5. The van der Waals surface area contributed by atoms with Crippen molar-refractivity contribution in [2.75, 3.05) is 24.2 Å². The van der Waals surface area contributed by atoms with Crippen LogP contribution in [0.1, 0.15) is 125 Å². The van der Waals surface area contributed by atoms with Crippen LogP contribution in [-0.2, 0) is 49.1 Å². The van der Waals surface area contributed by atoms with E-state index in [0.29, 0.717) is 70.1 Å². The Morgan fingerprint density at radius 1 is 0.975 bits per heavy atom. The maximum atomic E-state index is 15.6. The number of H-pyrrole nitrogens is 1. The molecule has 424 valence electrons. The number of carbonyl (C=O) groups is 4. The molecular formula is C58H68F2N10O8S2. The number of thiazole rings is 1. The number of aromatic nitrogens is 4. The maximum Gasteiger partial charge on any atom is 0.277 e. The second kappa shape index (κ2) is 23.1. The van der Waals surface area contributed by atoms with Gasteiger partial charge in [-0.3, -0.25) is 24.0 Å². The number of aliphatic hydroxyl groups is 1. The summed E-state index contributed by atoms with van der Waals surface area (Å²) in [6.45, 7) is 9.66. The highest BCUT2D eigenvalue weighted by atomic mass is 32.2. The molecule has 0 radical (unpaired) electrons. The molecule has 80 heavy (non-hydrogen) atoms. The number of amidine groups is 1. The lowest BCUT2D eigenvalue weighted by Gasteiger charge is -2.36. The van der Waals surface area contributed by atoms with Crippen molar-refractivity contribution in [1.82, 2.24) is 40.4 Å². The number of rotatable bonds is 20. The molecule has 9 rings (SSSR count). The molecule has 1 saturated heterocycles. The van der Waals surface area contributed by atoms with Crippen molar-refractivity contribution in [1.29, 1.82) is 0 Å². The van der Waals surface area contributed by atoms with E-state index in [2.05, 4.69) is 35.9 Å². The lowest BCUT2D eigenvalue weighted by atomic mass is 9.85. The van der Waals surface area contributed by atoms with Crippen LogP contribution in [0.5, 0.6) is 0 Å². The first kappa shape index (κ1) is 57.5. The minimum Gasteiger partial charge on any atom is -0.391 e. The van der Waals surface area contributed by atoms with Gasteiger partial charge in [-0.15, -0.1) is 11.3 Å². The molecule has 4 unspecified atom stereocenters. The van der Waals surface area contributed by atoms with Crippen LogP contribution in [0.15, 0.2) is 76.4 Å². The molecule has 0 spiro atoms. The van der Waals surface area contributed by atoms with Crippen molar-refractivity contribution in [2.45, 2.75) is 135 Å². The minimum atomic E-state index is -3.67. The number of carbonyl (C=O) groups excluding carboxylic acids is 4. The van der Waals surface area contributed by atoms with Gasteiger partial charge in [-0.1, -0.05) is 83.6 Å². The van der Waals surface area contributed by atoms with Crippen LogP contribution >= 0.6 is 11.3 Å². The van der Waals surface area contributed by atoms with E-state index in [0.717, 1.165) is 67.1 Å². The zero-order chi connectivity index (χ0) is 57.4. The van der Waals surface area contributed by atoms with Crippen molar-refractivity contribution < 1.29 is 41.5 Å². The monoisotopic (exact) mass is 1130 g/mol. The number of hydrogen-bond acceptors (Lipinski definition) is 13. The van der Waals surface area contributed by atoms with Crippen molar-refractivity contribution in [3.05, 3.63) is 117 Å². The number of hydrogen-bond donors (Lipinski definition) is 5. The molecule has 2 aromatic carbocycles. The molecule has 4 aromatic heterocycles. The number of sulfone groups is 1. The van der Waals surface area contributed by atoms with Crippen LogP contribution in [0.2, 0.25) is 0 Å². The predicted molar refractivity (Wildman–Crippen MR) is 304 cm³/mol. The molecular weight excluding hydrogens is 1070 g/mol. The van der Waals surface area contributed by atoms with Crippen molar-refractivity contribution in [3.63, 3.8) is 0 Å². The molecule has 3 aliphatic rings. The zero-order valence-electron chi connectivity index (χ0n) is 46.0. The third kappa shape index (κ3) is 12.1. The summed E-state index contributed by atoms with van der Waals surface area (Å²) in [4.78, 5) is 88.5. The van der Waals surface area contributed by atoms with Crippen LogP contribution in [-0.4, -0.2) is 105 Å². The highest BCUT2D eigenvalue weighted by molar-refractivity contribution is 7.89. The number of nitrogens with zero attached hydrogens (tertiary/aromatic N) is 6. The first-order chi connectivity index (χ1) is 37.9. The quantitative estimate of drug-likeness (QED) is 0.0457. The number of aromatic amines is 1. The van der Waals surface area contributed by atoms with Gasteiger partial charge in [-0.25, -0.2) is 27.2 Å². The number of likely N-dealkylation sites (tertiary alicyclic amines) is 1. The van der Waals surface area contributed by atoms with Gasteiger partial charge in [0.2, 0.25) is 11.8 Å². The number of amides is 4. The fraction of sp³-hybridized carbons (Fsp3) is 0.448. The van der Waals surface area contributed by atoms with Crippen LogP contribution < -0.4 is 26.4 Å². The van der Waals surface area contributed by atoms with Gasteiger partial charge in [-0.2, -0.15) is 4.99 Å². The van der Waals surface area contributed by atoms with E-state index in [1.165, 1.54) is 20.4 Å². The fourth-order valence-electron chi connectivity index (χ4n) is 11.1. The summed E-state index contributed by atoms with van der Waals surface area (Å²) in [5.74, 6) is -3.75. The fourth-order valence-corrected chi connectivity index (χ4v) is 12.7. The molecule has 18 nitrogen and oxygen atoms in total. The third-order valence-electron chi connectivity index (χ3n) is 15.3. The second-order valence-electron chi connectivity index (χ2n) is 22.7. The number of aliphatic imine (C=N–C) groups is 1. The molecule has 7 heterocycles. The Labute approximate surface area is 467 Å². The minimum absolute atomic E-state index is 0.00744. The van der Waals surface area contributed by atoms with E-state index in [1.807, 2.05) is 52.0 Å². The van der Waals surface area contributed by atoms with Crippen LogP contribution in [0.25, 0.3) is 32.5 Å². The number of nitrogens with one attached hydrogen (secondary N) is 4. The average Bonchev–Trinajstić information content (AvgIpc) is 4.32. The molecule has 4 atom stereocenters. The Bertz CT molecular complexity index is 3590. The Kier molecular flexibility index (Phi) is 16.6. The number of benzene rings is 2. The van der Waals surface area contributed by atoms with Gasteiger partial charge in [0.1, 0.15) is 28.8 Å². The zero-order valence-corrected chi connectivity index (χ0v) is 47.7. The lowest BCUT2D eigenvalue weighted by Crippen LogP contribution is -2.58. The number of anilines is 2. The number of pyridine rings is 2. The topological polar surface area (TPSA) is 241 Å². The van der Waals surface area contributed by atoms with E-state index in [4.69, 9.17) is 0 Å². The molecule has 5 N–H and O–H groups in total. The Balaban J connectivity index is 0.747. The largest absolute Gasteiger partial charge is 0.391 e. The summed E-state index contributed by atoms with van der Waals surface area (Å²) in [6.07, 6.45) is 11.3. The number of β-amino-alcohol motifs (C(OH)–C–C–N with tert-alkyl or cyclic N) is 1. The third-order valence-corrected chi connectivity index (χ3v) is 17.1. The van der Waals surface area contributed by atoms with E-state index in [-0.39, 0.29) is 60.2 Å². The van der Waals surface area contributed by atoms with Gasteiger partial charge in [0.25, 0.3) is 17.4 Å². The first-order valence-electron chi connectivity index (χ1n) is 27.0. The molecule has 0 saturated carbocycles. The molecule has 22 heteroatoms. The van der Waals surface area contributed by atoms with Gasteiger partial charge in [0.05, 0.1) is 52.4 Å². The summed E-state index contributed by atoms with van der Waals surface area (Å²) in [5.41, 5.74) is 4.75. The first-order valence-corrected chi connectivity index (χ1v) is 30.0. The van der Waals surface area contributed by atoms with Gasteiger partial charge in [0, 0.05) is 79.8 Å². The Hall–Kier alpha value is -7.17. The lowest BCUT2D eigenvalue weighted by molar-refractivity contribution is -0.139.